The molecule has 1 saturated carbocycles. The second-order valence-corrected chi connectivity index (χ2v) is 17.9. The maximum Gasteiger partial charge on any atom is 0.274 e. The molecule has 3 aliphatic heterocycles. The van der Waals surface area contributed by atoms with Crippen molar-refractivity contribution in [2.24, 2.45) is 0 Å². The molecule has 3 N–H and O–H groups in total. The van der Waals surface area contributed by atoms with Gasteiger partial charge in [0.05, 0.1) is 51.9 Å². The molecule has 17 heteroatoms. The lowest BCUT2D eigenvalue weighted by atomic mass is 9.89. The monoisotopic (exact) mass is 942 g/mol. The molecule has 5 aliphatic rings. The van der Waals surface area contributed by atoms with Gasteiger partial charge in [0.15, 0.2) is 22.9 Å². The molecule has 0 saturated heterocycles. The average Bonchev–Trinajstić information content (AvgIpc) is 4.08. The highest BCUT2D eigenvalue weighted by atomic mass is 35.5. The summed E-state index contributed by atoms with van der Waals surface area (Å²) in [6.45, 7) is 1.68. The molecule has 2 aliphatic carbocycles. The van der Waals surface area contributed by atoms with Crippen LogP contribution in [-0.2, 0) is 56.3 Å². The van der Waals surface area contributed by atoms with Gasteiger partial charge in [0.25, 0.3) is 11.8 Å². The minimum Gasteiger partial charge on any atom is -0.503 e. The zero-order valence-electron chi connectivity index (χ0n) is 35.7. The van der Waals surface area contributed by atoms with Gasteiger partial charge in [-0.15, -0.1) is 0 Å². The fraction of sp³-hybridized carbons (Fsp3) is 0.347. The van der Waals surface area contributed by atoms with Gasteiger partial charge < -0.3 is 43.7 Å². The second-order valence-electron chi connectivity index (χ2n) is 17.1. The number of aromatic nitrogens is 2. The summed E-state index contributed by atoms with van der Waals surface area (Å²) < 4.78 is 42.4. The molecule has 10 rings (SSSR count). The SMILES string of the molecule is O=C1c2c(O)c(=O)c3c(n2CCN1Cc1ccc(F)c(Cl)c1)COC31CCCC1O.O=C1c2c(OCc3ccccc3)c(=O)c(C3=CCCC3)c(CO)n2CCN1Cc1ccc(F)c(Cl)c1. The molecular formula is C49H46Cl2F2N4O9. The summed E-state index contributed by atoms with van der Waals surface area (Å²) in [6, 6.07) is 18.0. The number of carbonyl (C=O) groups excluding carboxylic acids is 2. The van der Waals surface area contributed by atoms with E-state index in [1.807, 2.05) is 36.4 Å². The summed E-state index contributed by atoms with van der Waals surface area (Å²) >= 11 is 11.8. The van der Waals surface area contributed by atoms with E-state index in [4.69, 9.17) is 32.7 Å². The molecule has 3 aromatic carbocycles. The van der Waals surface area contributed by atoms with E-state index in [1.54, 1.807) is 20.1 Å². The summed E-state index contributed by atoms with van der Waals surface area (Å²) in [7, 11) is 0. The summed E-state index contributed by atoms with van der Waals surface area (Å²) in [4.78, 5) is 56.8. The number of benzene rings is 3. The molecule has 66 heavy (non-hydrogen) atoms. The molecule has 1 fully saturated rings. The maximum atomic E-state index is 13.8. The Bertz CT molecular complexity index is 2920. The number of hydrogen-bond donors (Lipinski definition) is 3. The van der Waals surface area contributed by atoms with Gasteiger partial charge in [-0.3, -0.25) is 19.2 Å². The van der Waals surface area contributed by atoms with Crippen LogP contribution in [0.4, 0.5) is 8.78 Å². The molecule has 0 radical (unpaired) electrons. The molecular weight excluding hydrogens is 897 g/mol. The Balaban J connectivity index is 0.000000169. The van der Waals surface area contributed by atoms with E-state index in [2.05, 4.69) is 0 Å². The Labute approximate surface area is 387 Å². The van der Waals surface area contributed by atoms with Crippen molar-refractivity contribution in [2.45, 2.75) is 96.2 Å². The van der Waals surface area contributed by atoms with Crippen LogP contribution in [0.2, 0.25) is 10.0 Å². The number of aliphatic hydroxyl groups excluding tert-OH is 2. The Kier molecular flexibility index (Phi) is 12.7. The van der Waals surface area contributed by atoms with Crippen LogP contribution >= 0.6 is 23.2 Å². The van der Waals surface area contributed by atoms with Crippen molar-refractivity contribution in [3.05, 3.63) is 166 Å². The van der Waals surface area contributed by atoms with Crippen molar-refractivity contribution >= 4 is 40.6 Å². The Morgan fingerprint density at radius 1 is 0.788 bits per heavy atom. The number of halogens is 4. The average molecular weight is 944 g/mol. The lowest BCUT2D eigenvalue weighted by Gasteiger charge is -2.33. The Morgan fingerprint density at radius 3 is 2.00 bits per heavy atom. The van der Waals surface area contributed by atoms with Crippen LogP contribution in [0.1, 0.15) is 98.7 Å². The highest BCUT2D eigenvalue weighted by Crippen LogP contribution is 2.48. The van der Waals surface area contributed by atoms with E-state index in [0.717, 1.165) is 36.8 Å². The van der Waals surface area contributed by atoms with Gasteiger partial charge >= 0.3 is 0 Å². The molecule has 2 unspecified atom stereocenters. The number of aliphatic hydroxyl groups is 2. The first-order valence-corrected chi connectivity index (χ1v) is 22.6. The predicted octanol–water partition coefficient (Wildman–Crippen LogP) is 7.21. The zero-order valence-corrected chi connectivity index (χ0v) is 37.2. The number of allylic oxidation sites excluding steroid dienone is 2. The van der Waals surface area contributed by atoms with Crippen LogP contribution in [0.15, 0.2) is 82.4 Å². The number of nitrogens with zero attached hydrogens (tertiary/aromatic N) is 4. The van der Waals surface area contributed by atoms with E-state index in [-0.39, 0.29) is 77.0 Å². The number of amides is 2. The van der Waals surface area contributed by atoms with E-state index < -0.39 is 40.4 Å². The largest absolute Gasteiger partial charge is 0.503 e. The first-order valence-electron chi connectivity index (χ1n) is 21.9. The molecule has 13 nitrogen and oxygen atoms in total. The molecule has 5 heterocycles. The third-order valence-electron chi connectivity index (χ3n) is 13.2. The quantitative estimate of drug-likeness (QED) is 0.139. The molecule has 2 atom stereocenters. The standard InChI is InChI=1S/C28H26ClFN2O4.C21H20ClFN2O5/c29-21-14-19(10-11-22(21)30)15-31-12-13-32-23(16-33)24(20-8-4-5-9-20)26(34)27(25(32)28(31)35)36-17-18-6-2-1-3-7-18;22-12-8-11(3-4-13(12)23)9-24-6-7-25-14-10-30-21(5-1-2-15(21)26)16(14)18(27)19(28)17(25)20(24)29/h1-3,6-8,10-11,14,33H,4-5,9,12-13,15-17H2;3-4,8,15,26,28H,1-2,5-7,9-10H2. The van der Waals surface area contributed by atoms with Crippen LogP contribution in [0.5, 0.6) is 11.5 Å². The molecule has 0 bridgehead atoms. The highest BCUT2D eigenvalue weighted by molar-refractivity contribution is 6.31. The number of pyridine rings is 2. The van der Waals surface area contributed by atoms with Crippen molar-refractivity contribution in [2.75, 3.05) is 13.1 Å². The fourth-order valence-electron chi connectivity index (χ4n) is 9.92. The normalized spacial score (nSPS) is 19.7. The second kappa shape index (κ2) is 18.4. The molecule has 1 spiro atoms. The molecule has 344 valence electrons. The third-order valence-corrected chi connectivity index (χ3v) is 13.7. The highest BCUT2D eigenvalue weighted by Gasteiger charge is 2.53. The number of hydrogen-bond acceptors (Lipinski definition) is 9. The van der Waals surface area contributed by atoms with Crippen molar-refractivity contribution in [1.29, 1.82) is 0 Å². The summed E-state index contributed by atoms with van der Waals surface area (Å²) in [5, 5.41) is 31.4. The van der Waals surface area contributed by atoms with E-state index in [1.165, 1.54) is 35.2 Å². The van der Waals surface area contributed by atoms with E-state index in [0.29, 0.717) is 67.1 Å². The molecule has 2 aromatic heterocycles. The van der Waals surface area contributed by atoms with Gasteiger partial charge in [-0.05, 0) is 85.1 Å². The summed E-state index contributed by atoms with van der Waals surface area (Å²) in [6.07, 6.45) is 5.50. The van der Waals surface area contributed by atoms with Gasteiger partial charge in [-0.25, -0.2) is 8.78 Å². The van der Waals surface area contributed by atoms with E-state index >= 15 is 0 Å². The van der Waals surface area contributed by atoms with E-state index in [9.17, 15) is 43.3 Å². The lowest BCUT2D eigenvalue weighted by molar-refractivity contribution is -0.104. The van der Waals surface area contributed by atoms with Crippen LogP contribution in [0.25, 0.3) is 5.57 Å². The number of ether oxygens (including phenoxy) is 2. The predicted molar refractivity (Wildman–Crippen MR) is 240 cm³/mol. The van der Waals surface area contributed by atoms with Crippen LogP contribution in [0.3, 0.4) is 0 Å². The van der Waals surface area contributed by atoms with Gasteiger partial charge in [0.2, 0.25) is 10.9 Å². The third kappa shape index (κ3) is 8.10. The van der Waals surface area contributed by atoms with Crippen molar-refractivity contribution < 1.29 is 43.2 Å². The van der Waals surface area contributed by atoms with Crippen LogP contribution in [-0.4, -0.2) is 65.3 Å². The first kappa shape index (κ1) is 45.3. The van der Waals surface area contributed by atoms with Crippen molar-refractivity contribution in [1.82, 2.24) is 18.9 Å². The molecule has 5 aromatic rings. The number of fused-ring (bicyclic) bond motifs is 5. The number of rotatable bonds is 9. The molecule has 2 amide bonds. The van der Waals surface area contributed by atoms with Gasteiger partial charge in [-0.2, -0.15) is 0 Å². The minimum absolute atomic E-state index is 0.00862. The fourth-order valence-corrected chi connectivity index (χ4v) is 10.3. The number of carbonyl (C=O) groups is 2. The van der Waals surface area contributed by atoms with Gasteiger partial charge in [-0.1, -0.05) is 71.7 Å². The maximum absolute atomic E-state index is 13.8. The zero-order chi connectivity index (χ0) is 46.4. The number of aromatic hydroxyl groups is 1. The first-order chi connectivity index (χ1) is 31.8. The topological polar surface area (TPSA) is 164 Å². The van der Waals surface area contributed by atoms with Crippen molar-refractivity contribution in [3.8, 4) is 11.5 Å². The van der Waals surface area contributed by atoms with Crippen LogP contribution < -0.4 is 15.6 Å². The Hall–Kier alpha value is -5.84. The summed E-state index contributed by atoms with van der Waals surface area (Å²) in [5.74, 6) is -2.58. The van der Waals surface area contributed by atoms with Crippen LogP contribution in [0, 0.1) is 11.6 Å². The lowest BCUT2D eigenvalue weighted by Crippen LogP contribution is -2.44. The smallest absolute Gasteiger partial charge is 0.274 e. The van der Waals surface area contributed by atoms with Gasteiger partial charge in [0.1, 0.15) is 23.8 Å². The summed E-state index contributed by atoms with van der Waals surface area (Å²) in [5.41, 5.74) is 2.68. The minimum atomic E-state index is -1.10. The van der Waals surface area contributed by atoms with Crippen molar-refractivity contribution in [3.63, 3.8) is 0 Å². The van der Waals surface area contributed by atoms with Gasteiger partial charge in [0, 0.05) is 39.3 Å². The Morgan fingerprint density at radius 2 is 1.42 bits per heavy atom.